The van der Waals surface area contributed by atoms with Crippen molar-refractivity contribution in [1.29, 1.82) is 0 Å². The largest absolute Gasteiger partial charge is 0.507 e. The first-order valence-electron chi connectivity index (χ1n) is 9.81. The Labute approximate surface area is 178 Å². The highest BCUT2D eigenvalue weighted by molar-refractivity contribution is 6.31. The molecule has 31 heavy (non-hydrogen) atoms. The van der Waals surface area contributed by atoms with Crippen LogP contribution in [-0.4, -0.2) is 59.1 Å². The molecular formula is C23H22O8. The molecule has 4 rings (SSSR count). The van der Waals surface area contributed by atoms with Gasteiger partial charge in [-0.15, -0.1) is 0 Å². The van der Waals surface area contributed by atoms with Gasteiger partial charge in [0.15, 0.2) is 17.3 Å². The lowest BCUT2D eigenvalue weighted by molar-refractivity contribution is -0.145. The van der Waals surface area contributed by atoms with Crippen LogP contribution in [0.4, 0.5) is 0 Å². The lowest BCUT2D eigenvalue weighted by Crippen LogP contribution is -2.47. The lowest BCUT2D eigenvalue weighted by Gasteiger charge is -2.37. The minimum Gasteiger partial charge on any atom is -0.507 e. The first-order valence-corrected chi connectivity index (χ1v) is 9.81. The first-order chi connectivity index (χ1) is 14.8. The summed E-state index contributed by atoms with van der Waals surface area (Å²) < 4.78 is 11.0. The number of fused-ring (bicyclic) bond motifs is 3. The third-order valence-electron chi connectivity index (χ3n) is 6.37. The van der Waals surface area contributed by atoms with Gasteiger partial charge in [0.2, 0.25) is 0 Å². The van der Waals surface area contributed by atoms with E-state index in [2.05, 4.69) is 0 Å². The van der Waals surface area contributed by atoms with Gasteiger partial charge < -0.3 is 24.8 Å². The van der Waals surface area contributed by atoms with E-state index < -0.39 is 41.9 Å². The predicted molar refractivity (Wildman–Crippen MR) is 108 cm³/mol. The van der Waals surface area contributed by atoms with Crippen molar-refractivity contribution in [2.45, 2.75) is 31.5 Å². The number of hydrogen-bond acceptors (Lipinski definition) is 8. The van der Waals surface area contributed by atoms with E-state index in [-0.39, 0.29) is 52.8 Å². The maximum atomic E-state index is 13.4. The zero-order chi connectivity index (χ0) is 22.5. The average Bonchev–Trinajstić information content (AvgIpc) is 2.81. The van der Waals surface area contributed by atoms with Crippen LogP contribution in [0.1, 0.15) is 55.0 Å². The standard InChI is InChI=1S/C23H22O8/c1-30-22-12-6-7-23(31-2,15(26)10-25)8-14(12)20(28)17-18(22)21(29)16-11(9-24)4-3-5-13(16)19(17)27/h3-5,24-25,28H,6-10H2,1-2H3/t23-/m1/s1. The first kappa shape index (κ1) is 21.2. The Balaban J connectivity index is 2.00. The number of Topliss-reactive ketones (excluding diaryl/α,β-unsaturated/α-hetero) is 1. The van der Waals surface area contributed by atoms with Gasteiger partial charge in [0.25, 0.3) is 0 Å². The van der Waals surface area contributed by atoms with Gasteiger partial charge in [0.05, 0.1) is 24.8 Å². The molecule has 2 aliphatic carbocycles. The number of aliphatic hydroxyl groups is 2. The number of hydrogen-bond donors (Lipinski definition) is 3. The number of phenols is 1. The Hall–Kier alpha value is -3.07. The summed E-state index contributed by atoms with van der Waals surface area (Å²) >= 11 is 0. The van der Waals surface area contributed by atoms with Gasteiger partial charge in [-0.2, -0.15) is 0 Å². The zero-order valence-corrected chi connectivity index (χ0v) is 17.2. The maximum Gasteiger partial charge on any atom is 0.198 e. The van der Waals surface area contributed by atoms with Crippen molar-refractivity contribution >= 4 is 17.3 Å². The molecule has 0 radical (unpaired) electrons. The smallest absolute Gasteiger partial charge is 0.198 e. The van der Waals surface area contributed by atoms with E-state index in [9.17, 15) is 29.7 Å². The molecular weight excluding hydrogens is 404 g/mol. The van der Waals surface area contributed by atoms with Gasteiger partial charge in [-0.25, -0.2) is 0 Å². The molecule has 0 bridgehead atoms. The maximum absolute atomic E-state index is 13.4. The van der Waals surface area contributed by atoms with E-state index in [1.165, 1.54) is 20.3 Å². The molecule has 0 fully saturated rings. The molecule has 0 aromatic heterocycles. The van der Waals surface area contributed by atoms with Crippen LogP contribution in [0.25, 0.3) is 0 Å². The summed E-state index contributed by atoms with van der Waals surface area (Å²) in [5, 5.41) is 30.2. The average molecular weight is 426 g/mol. The molecule has 0 saturated carbocycles. The summed E-state index contributed by atoms with van der Waals surface area (Å²) in [6, 6.07) is 4.59. The number of carbonyl (C=O) groups is 3. The topological polar surface area (TPSA) is 130 Å². The molecule has 2 aliphatic rings. The number of ketones is 3. The Kier molecular flexibility index (Phi) is 5.17. The van der Waals surface area contributed by atoms with Crippen molar-refractivity contribution in [3.63, 3.8) is 0 Å². The monoisotopic (exact) mass is 426 g/mol. The molecule has 2 aromatic carbocycles. The number of phenolic OH excluding ortho intramolecular Hbond substituents is 1. The van der Waals surface area contributed by atoms with Crippen molar-refractivity contribution in [2.24, 2.45) is 0 Å². The molecule has 8 heteroatoms. The number of methoxy groups -OCH3 is 2. The molecule has 3 N–H and O–H groups in total. The molecule has 1 atom stereocenters. The molecule has 0 spiro atoms. The second-order valence-corrected chi connectivity index (χ2v) is 7.70. The third kappa shape index (κ3) is 2.83. The van der Waals surface area contributed by atoms with Gasteiger partial charge in [-0.3, -0.25) is 14.4 Å². The number of ether oxygens (including phenoxy) is 2. The van der Waals surface area contributed by atoms with Crippen LogP contribution in [0.15, 0.2) is 18.2 Å². The summed E-state index contributed by atoms with van der Waals surface area (Å²) in [5.74, 6) is -1.84. The van der Waals surface area contributed by atoms with Crippen LogP contribution in [0.2, 0.25) is 0 Å². The number of aromatic hydroxyl groups is 1. The minimum absolute atomic E-state index is 0.0458. The highest BCUT2D eigenvalue weighted by Gasteiger charge is 2.46. The van der Waals surface area contributed by atoms with E-state index in [1.807, 2.05) is 0 Å². The molecule has 0 saturated heterocycles. The fourth-order valence-electron chi connectivity index (χ4n) is 4.75. The van der Waals surface area contributed by atoms with Crippen LogP contribution in [0.3, 0.4) is 0 Å². The number of carbonyl (C=O) groups excluding carboxylic acids is 3. The van der Waals surface area contributed by atoms with Gasteiger partial charge in [0.1, 0.15) is 23.7 Å². The summed E-state index contributed by atoms with van der Waals surface area (Å²) in [4.78, 5) is 39.2. The zero-order valence-electron chi connectivity index (χ0n) is 17.2. The Bertz CT molecular complexity index is 1130. The molecule has 2 aromatic rings. The van der Waals surface area contributed by atoms with E-state index in [1.54, 1.807) is 12.1 Å². The van der Waals surface area contributed by atoms with Crippen LogP contribution in [0, 0.1) is 0 Å². The van der Waals surface area contributed by atoms with E-state index in [4.69, 9.17) is 9.47 Å². The van der Waals surface area contributed by atoms with Crippen LogP contribution >= 0.6 is 0 Å². The Morgan fingerprint density at radius 3 is 2.42 bits per heavy atom. The SMILES string of the molecule is COc1c2c(c(O)c3c1C(=O)c1c(CO)cccc1C3=O)C[C@@](OC)(C(=O)CO)CC2. The van der Waals surface area contributed by atoms with Crippen molar-refractivity contribution in [3.05, 3.63) is 57.1 Å². The fourth-order valence-corrected chi connectivity index (χ4v) is 4.75. The quantitative estimate of drug-likeness (QED) is 0.553. The number of rotatable bonds is 5. The van der Waals surface area contributed by atoms with Crippen molar-refractivity contribution in [2.75, 3.05) is 20.8 Å². The van der Waals surface area contributed by atoms with Gasteiger partial charge in [0, 0.05) is 35.8 Å². The van der Waals surface area contributed by atoms with Crippen molar-refractivity contribution in [1.82, 2.24) is 0 Å². The predicted octanol–water partition coefficient (Wildman–Crippen LogP) is 1.10. The fraction of sp³-hybridized carbons (Fsp3) is 0.348. The number of benzene rings is 2. The highest BCUT2D eigenvalue weighted by Crippen LogP contribution is 2.48. The molecule has 8 nitrogen and oxygen atoms in total. The third-order valence-corrected chi connectivity index (χ3v) is 6.37. The summed E-state index contributed by atoms with van der Waals surface area (Å²) in [5.41, 5.74) is -0.284. The molecule has 0 heterocycles. The van der Waals surface area contributed by atoms with E-state index in [0.29, 0.717) is 11.1 Å². The Morgan fingerprint density at radius 1 is 1.06 bits per heavy atom. The second-order valence-electron chi connectivity index (χ2n) is 7.70. The van der Waals surface area contributed by atoms with Crippen LogP contribution < -0.4 is 4.74 Å². The van der Waals surface area contributed by atoms with Gasteiger partial charge >= 0.3 is 0 Å². The molecule has 0 aliphatic heterocycles. The van der Waals surface area contributed by atoms with Gasteiger partial charge in [-0.1, -0.05) is 18.2 Å². The summed E-state index contributed by atoms with van der Waals surface area (Å²) in [6.07, 6.45) is 0.374. The van der Waals surface area contributed by atoms with Crippen LogP contribution in [0.5, 0.6) is 11.5 Å². The summed E-state index contributed by atoms with van der Waals surface area (Å²) in [7, 11) is 2.72. The minimum atomic E-state index is -1.35. The number of aliphatic hydroxyl groups excluding tert-OH is 2. The normalized spacial score (nSPS) is 19.5. The van der Waals surface area contributed by atoms with E-state index >= 15 is 0 Å². The van der Waals surface area contributed by atoms with Crippen molar-refractivity contribution < 1.29 is 39.2 Å². The van der Waals surface area contributed by atoms with E-state index in [0.717, 1.165) is 0 Å². The van der Waals surface area contributed by atoms with Gasteiger partial charge in [-0.05, 0) is 18.4 Å². The summed E-state index contributed by atoms with van der Waals surface area (Å²) in [6.45, 7) is -1.14. The Morgan fingerprint density at radius 2 is 1.81 bits per heavy atom. The second kappa shape index (κ2) is 7.56. The molecule has 162 valence electrons. The molecule has 0 unspecified atom stereocenters. The highest BCUT2D eigenvalue weighted by atomic mass is 16.5. The molecule has 0 amide bonds. The lowest BCUT2D eigenvalue weighted by atomic mass is 9.72. The van der Waals surface area contributed by atoms with Crippen molar-refractivity contribution in [3.8, 4) is 11.5 Å². The van der Waals surface area contributed by atoms with Crippen LogP contribution in [-0.2, 0) is 29.0 Å².